The molecule has 0 saturated heterocycles. The molecule has 4 nitrogen and oxygen atoms in total. The maximum absolute atomic E-state index is 5.21. The summed E-state index contributed by atoms with van der Waals surface area (Å²) >= 11 is 0. The van der Waals surface area contributed by atoms with Gasteiger partial charge in [0.15, 0.2) is 6.29 Å². The van der Waals surface area contributed by atoms with Crippen molar-refractivity contribution in [1.29, 1.82) is 0 Å². The quantitative estimate of drug-likeness (QED) is 0.244. The van der Waals surface area contributed by atoms with Crippen molar-refractivity contribution >= 4 is 0 Å². The lowest BCUT2D eigenvalue weighted by Gasteiger charge is -2.21. The van der Waals surface area contributed by atoms with Gasteiger partial charge in [-0.15, -0.1) is 12.3 Å². The molecule has 0 aromatic heterocycles. The predicted molar refractivity (Wildman–Crippen MR) is 42.4 cm³/mol. The Bertz CT molecular complexity index is 129. The topological polar surface area (TPSA) is 56.5 Å². The molecule has 0 aliphatic rings. The lowest BCUT2D eigenvalue weighted by Crippen LogP contribution is -2.45. The second-order valence-electron chi connectivity index (χ2n) is 2.02. The molecular weight excluding hydrogens is 144 g/mol. The van der Waals surface area contributed by atoms with Gasteiger partial charge in [-0.05, 0) is 0 Å². The monoisotopic (exact) mass is 158 g/mol. The molecule has 0 aliphatic heterocycles. The summed E-state index contributed by atoms with van der Waals surface area (Å²) in [4.78, 5) is 0. The Morgan fingerprint density at radius 1 is 1.55 bits per heavy atom. The van der Waals surface area contributed by atoms with E-state index >= 15 is 0 Å². The van der Waals surface area contributed by atoms with E-state index < -0.39 is 6.29 Å². The zero-order valence-corrected chi connectivity index (χ0v) is 6.83. The van der Waals surface area contributed by atoms with E-state index in [-0.39, 0.29) is 6.04 Å². The molecule has 1 unspecified atom stereocenters. The fourth-order valence-corrected chi connectivity index (χ4v) is 0.785. The molecule has 0 spiro atoms. The Kier molecular flexibility index (Phi) is 5.80. The van der Waals surface area contributed by atoms with E-state index in [9.17, 15) is 0 Å². The summed E-state index contributed by atoms with van der Waals surface area (Å²) in [5.41, 5.74) is 2.51. The minimum absolute atomic E-state index is 0.157. The van der Waals surface area contributed by atoms with Crippen LogP contribution in [0.25, 0.3) is 0 Å². The van der Waals surface area contributed by atoms with E-state index in [0.29, 0.717) is 6.42 Å². The van der Waals surface area contributed by atoms with Gasteiger partial charge < -0.3 is 9.47 Å². The highest BCUT2D eigenvalue weighted by Crippen LogP contribution is 2.01. The molecule has 11 heavy (non-hydrogen) atoms. The molecule has 0 bridgehead atoms. The average Bonchev–Trinajstić information content (AvgIpc) is 2.05. The first-order valence-electron chi connectivity index (χ1n) is 3.25. The maximum Gasteiger partial charge on any atom is 0.174 e. The SMILES string of the molecule is C#CCC(NN)C(OC)OC. The van der Waals surface area contributed by atoms with Crippen LogP contribution in [-0.4, -0.2) is 26.6 Å². The van der Waals surface area contributed by atoms with Crippen LogP contribution in [0, 0.1) is 12.3 Å². The fourth-order valence-electron chi connectivity index (χ4n) is 0.785. The van der Waals surface area contributed by atoms with Gasteiger partial charge in [0, 0.05) is 20.6 Å². The summed E-state index contributed by atoms with van der Waals surface area (Å²) in [6.45, 7) is 0. The molecule has 0 rings (SSSR count). The molecule has 0 aromatic rings. The molecule has 3 N–H and O–H groups in total. The molecule has 1 atom stereocenters. The Labute approximate surface area is 67.0 Å². The van der Waals surface area contributed by atoms with Gasteiger partial charge in [-0.2, -0.15) is 0 Å². The third-order valence-corrected chi connectivity index (χ3v) is 1.34. The van der Waals surface area contributed by atoms with Crippen molar-refractivity contribution in [1.82, 2.24) is 5.43 Å². The maximum atomic E-state index is 5.21. The van der Waals surface area contributed by atoms with Gasteiger partial charge in [-0.25, -0.2) is 0 Å². The Morgan fingerprint density at radius 2 is 2.09 bits per heavy atom. The highest BCUT2D eigenvalue weighted by atomic mass is 16.7. The van der Waals surface area contributed by atoms with Crippen LogP contribution in [0.5, 0.6) is 0 Å². The molecule has 0 saturated carbocycles. The van der Waals surface area contributed by atoms with Gasteiger partial charge in [0.1, 0.15) is 0 Å². The summed E-state index contributed by atoms with van der Waals surface area (Å²) in [7, 11) is 3.07. The number of hydrogen-bond acceptors (Lipinski definition) is 4. The number of methoxy groups -OCH3 is 2. The van der Waals surface area contributed by atoms with E-state index in [2.05, 4.69) is 11.3 Å². The van der Waals surface area contributed by atoms with Gasteiger partial charge in [-0.3, -0.25) is 11.3 Å². The molecule has 0 amide bonds. The highest BCUT2D eigenvalue weighted by molar-refractivity contribution is 4.90. The second kappa shape index (κ2) is 6.13. The minimum atomic E-state index is -0.393. The molecule has 0 radical (unpaired) electrons. The van der Waals surface area contributed by atoms with Crippen molar-refractivity contribution in [2.75, 3.05) is 14.2 Å². The second-order valence-corrected chi connectivity index (χ2v) is 2.02. The summed E-state index contributed by atoms with van der Waals surface area (Å²) < 4.78 is 9.89. The van der Waals surface area contributed by atoms with Crippen LogP contribution in [-0.2, 0) is 9.47 Å². The van der Waals surface area contributed by atoms with Crippen molar-refractivity contribution < 1.29 is 9.47 Å². The van der Waals surface area contributed by atoms with Crippen LogP contribution in [0.1, 0.15) is 6.42 Å². The van der Waals surface area contributed by atoms with Gasteiger partial charge in [0.05, 0.1) is 6.04 Å². The lowest BCUT2D eigenvalue weighted by molar-refractivity contribution is -0.121. The molecule has 0 aromatic carbocycles. The molecular formula is C7H14N2O2. The third-order valence-electron chi connectivity index (χ3n) is 1.34. The third kappa shape index (κ3) is 3.35. The first-order valence-corrected chi connectivity index (χ1v) is 3.25. The Hall–Kier alpha value is -0.600. The first-order chi connectivity index (χ1) is 5.29. The minimum Gasteiger partial charge on any atom is -0.354 e. The molecule has 0 heterocycles. The smallest absolute Gasteiger partial charge is 0.174 e. The zero-order valence-electron chi connectivity index (χ0n) is 6.83. The van der Waals surface area contributed by atoms with E-state index in [0.717, 1.165) is 0 Å². The molecule has 0 aliphatic carbocycles. The Balaban J connectivity index is 3.89. The van der Waals surface area contributed by atoms with Gasteiger partial charge in [0.2, 0.25) is 0 Å². The summed E-state index contributed by atoms with van der Waals surface area (Å²) in [6, 6.07) is -0.157. The lowest BCUT2D eigenvalue weighted by atomic mass is 10.2. The van der Waals surface area contributed by atoms with Crippen molar-refractivity contribution in [3.05, 3.63) is 0 Å². The number of hydrogen-bond donors (Lipinski definition) is 2. The number of hydrazine groups is 1. The van der Waals surface area contributed by atoms with Crippen molar-refractivity contribution in [2.24, 2.45) is 5.84 Å². The number of terminal acetylenes is 1. The van der Waals surface area contributed by atoms with Gasteiger partial charge >= 0.3 is 0 Å². The van der Waals surface area contributed by atoms with Gasteiger partial charge in [0.25, 0.3) is 0 Å². The highest BCUT2D eigenvalue weighted by Gasteiger charge is 2.17. The number of nitrogens with one attached hydrogen (secondary N) is 1. The van der Waals surface area contributed by atoms with E-state index in [1.165, 1.54) is 14.2 Å². The predicted octanol–water partition coefficient (Wildman–Crippen LogP) is -0.539. The van der Waals surface area contributed by atoms with Crippen LogP contribution < -0.4 is 11.3 Å². The number of ether oxygens (including phenoxy) is 2. The summed E-state index contributed by atoms with van der Waals surface area (Å²) in [5, 5.41) is 0. The first kappa shape index (κ1) is 10.4. The molecule has 0 fully saturated rings. The van der Waals surface area contributed by atoms with Gasteiger partial charge in [-0.1, -0.05) is 0 Å². The van der Waals surface area contributed by atoms with Crippen molar-refractivity contribution in [3.63, 3.8) is 0 Å². The fraction of sp³-hybridized carbons (Fsp3) is 0.714. The van der Waals surface area contributed by atoms with Crippen LogP contribution >= 0.6 is 0 Å². The number of rotatable bonds is 5. The zero-order chi connectivity index (χ0) is 8.69. The van der Waals surface area contributed by atoms with Crippen molar-refractivity contribution in [2.45, 2.75) is 18.8 Å². The van der Waals surface area contributed by atoms with Crippen molar-refractivity contribution in [3.8, 4) is 12.3 Å². The van der Waals surface area contributed by atoms with Crippen LogP contribution in [0.2, 0.25) is 0 Å². The average molecular weight is 158 g/mol. The van der Waals surface area contributed by atoms with E-state index in [4.69, 9.17) is 21.7 Å². The van der Waals surface area contributed by atoms with Crippen LogP contribution in [0.3, 0.4) is 0 Å². The Morgan fingerprint density at radius 3 is 2.36 bits per heavy atom. The molecule has 4 heteroatoms. The van der Waals surface area contributed by atoms with Crippen LogP contribution in [0.4, 0.5) is 0 Å². The summed E-state index contributed by atoms with van der Waals surface area (Å²) in [6.07, 6.45) is 5.18. The van der Waals surface area contributed by atoms with E-state index in [1.54, 1.807) is 0 Å². The largest absolute Gasteiger partial charge is 0.354 e. The molecule has 64 valence electrons. The van der Waals surface area contributed by atoms with E-state index in [1.807, 2.05) is 0 Å². The summed E-state index contributed by atoms with van der Waals surface area (Å²) in [5.74, 6) is 7.67. The number of nitrogens with two attached hydrogens (primary N) is 1. The normalized spacial score (nSPS) is 13.0. The van der Waals surface area contributed by atoms with Crippen LogP contribution in [0.15, 0.2) is 0 Å². The standard InChI is InChI=1S/C7H14N2O2/c1-4-5-6(9-8)7(10-2)11-3/h1,6-7,9H,5,8H2,2-3H3.